The van der Waals surface area contributed by atoms with Gasteiger partial charge in [-0.1, -0.05) is 0 Å². The highest BCUT2D eigenvalue weighted by atomic mass is 19.4. The van der Waals surface area contributed by atoms with Crippen molar-refractivity contribution >= 4 is 0 Å². The third-order valence-corrected chi connectivity index (χ3v) is 0.957. The van der Waals surface area contributed by atoms with Gasteiger partial charge in [0.25, 0.3) is 0 Å². The van der Waals surface area contributed by atoms with E-state index < -0.39 is 6.68 Å². The standard InChI is InChI=1S/C4H9N.CHF3/c1-2-4-5-3-1;2-1(3)4/h5H,1-4H2;1H. The average molecular weight is 141 g/mol. The molecule has 0 unspecified atom stereocenters. The van der Waals surface area contributed by atoms with Gasteiger partial charge in [-0.25, -0.2) is 0 Å². The van der Waals surface area contributed by atoms with Gasteiger partial charge in [0.2, 0.25) is 0 Å². The molecule has 0 aromatic heterocycles. The Morgan fingerprint density at radius 3 is 1.44 bits per heavy atom. The molecular formula is C5H10F3N. The maximum atomic E-state index is 9.67. The maximum Gasteiger partial charge on any atom is 0.379 e. The topological polar surface area (TPSA) is 12.0 Å². The number of rotatable bonds is 0. The van der Waals surface area contributed by atoms with Crippen LogP contribution >= 0.6 is 0 Å². The molecule has 1 saturated heterocycles. The lowest BCUT2D eigenvalue weighted by atomic mass is 10.4. The van der Waals surface area contributed by atoms with Crippen LogP contribution in [0.15, 0.2) is 0 Å². The molecule has 1 heterocycles. The quantitative estimate of drug-likeness (QED) is 0.539. The summed E-state index contributed by atoms with van der Waals surface area (Å²) in [5.41, 5.74) is 0. The molecule has 9 heavy (non-hydrogen) atoms. The summed E-state index contributed by atoms with van der Waals surface area (Å²) in [4.78, 5) is 0. The van der Waals surface area contributed by atoms with Crippen LogP contribution in [0.3, 0.4) is 0 Å². The van der Waals surface area contributed by atoms with Crippen molar-refractivity contribution in [1.29, 1.82) is 0 Å². The van der Waals surface area contributed by atoms with E-state index in [2.05, 4.69) is 5.32 Å². The Hall–Kier alpha value is -0.250. The minimum atomic E-state index is -3.67. The third kappa shape index (κ3) is 11.4. The molecule has 0 amide bonds. The van der Waals surface area contributed by atoms with E-state index in [1.165, 1.54) is 25.9 Å². The highest BCUT2D eigenvalue weighted by Crippen LogP contribution is 1.90. The number of halogens is 3. The number of hydrogen-bond donors (Lipinski definition) is 1. The zero-order valence-electron chi connectivity index (χ0n) is 5.04. The molecule has 0 aromatic carbocycles. The fraction of sp³-hybridized carbons (Fsp3) is 1.00. The number of alkyl halides is 3. The average Bonchev–Trinajstić information content (AvgIpc) is 2.11. The van der Waals surface area contributed by atoms with Crippen molar-refractivity contribution in [2.75, 3.05) is 13.1 Å². The molecular weight excluding hydrogens is 131 g/mol. The van der Waals surface area contributed by atoms with Crippen LogP contribution in [0.1, 0.15) is 12.8 Å². The van der Waals surface area contributed by atoms with Gasteiger partial charge in [-0.3, -0.25) is 0 Å². The Bertz CT molecular complexity index is 43.8. The van der Waals surface area contributed by atoms with Crippen LogP contribution in [-0.4, -0.2) is 19.8 Å². The minimum Gasteiger partial charge on any atom is -0.317 e. The highest BCUT2D eigenvalue weighted by Gasteiger charge is 1.93. The van der Waals surface area contributed by atoms with Crippen molar-refractivity contribution in [2.24, 2.45) is 0 Å². The van der Waals surface area contributed by atoms with Crippen LogP contribution in [0.25, 0.3) is 0 Å². The van der Waals surface area contributed by atoms with Crippen molar-refractivity contribution in [3.63, 3.8) is 0 Å². The first-order chi connectivity index (χ1) is 4.23. The molecule has 0 aromatic rings. The molecule has 1 aliphatic heterocycles. The first-order valence-corrected chi connectivity index (χ1v) is 2.86. The van der Waals surface area contributed by atoms with Crippen molar-refractivity contribution < 1.29 is 13.2 Å². The van der Waals surface area contributed by atoms with Crippen LogP contribution < -0.4 is 5.32 Å². The molecule has 0 aliphatic carbocycles. The lowest BCUT2D eigenvalue weighted by molar-refractivity contribution is 0.00819. The van der Waals surface area contributed by atoms with Gasteiger partial charge in [-0.15, -0.1) is 0 Å². The third-order valence-electron chi connectivity index (χ3n) is 0.957. The summed E-state index contributed by atoms with van der Waals surface area (Å²) in [6, 6.07) is 0. The van der Waals surface area contributed by atoms with E-state index in [1.54, 1.807) is 0 Å². The Morgan fingerprint density at radius 2 is 1.33 bits per heavy atom. The summed E-state index contributed by atoms with van der Waals surface area (Å²) in [6.45, 7) is -1.17. The highest BCUT2D eigenvalue weighted by molar-refractivity contribution is 4.55. The van der Waals surface area contributed by atoms with Gasteiger partial charge in [0, 0.05) is 0 Å². The predicted molar refractivity (Wildman–Crippen MR) is 29.2 cm³/mol. The van der Waals surface area contributed by atoms with Crippen LogP contribution in [0.4, 0.5) is 13.2 Å². The summed E-state index contributed by atoms with van der Waals surface area (Å²) < 4.78 is 29.0. The lowest BCUT2D eigenvalue weighted by Gasteiger charge is -1.76. The molecule has 4 heteroatoms. The molecule has 0 atom stereocenters. The molecule has 0 bridgehead atoms. The molecule has 1 aliphatic rings. The minimum absolute atomic E-state index is 1.25. The molecule has 1 fully saturated rings. The Kier molecular flexibility index (Phi) is 5.72. The molecule has 1 N–H and O–H groups in total. The molecule has 0 spiro atoms. The first-order valence-electron chi connectivity index (χ1n) is 2.86. The second kappa shape index (κ2) is 5.88. The zero-order valence-corrected chi connectivity index (χ0v) is 5.04. The van der Waals surface area contributed by atoms with Gasteiger partial charge in [0.05, 0.1) is 0 Å². The van der Waals surface area contributed by atoms with Gasteiger partial charge in [0.1, 0.15) is 0 Å². The smallest absolute Gasteiger partial charge is 0.317 e. The summed E-state index contributed by atoms with van der Waals surface area (Å²) in [6.07, 6.45) is 2.78. The lowest BCUT2D eigenvalue weighted by Crippen LogP contribution is -2.03. The van der Waals surface area contributed by atoms with Gasteiger partial charge < -0.3 is 5.32 Å². The summed E-state index contributed by atoms with van der Waals surface area (Å²) >= 11 is 0. The molecule has 1 rings (SSSR count). The van der Waals surface area contributed by atoms with Crippen molar-refractivity contribution in [3.8, 4) is 0 Å². The second-order valence-corrected chi connectivity index (χ2v) is 1.70. The van der Waals surface area contributed by atoms with Crippen molar-refractivity contribution in [2.45, 2.75) is 19.5 Å². The van der Waals surface area contributed by atoms with E-state index in [4.69, 9.17) is 0 Å². The first kappa shape index (κ1) is 8.75. The Balaban J connectivity index is 0.000000148. The van der Waals surface area contributed by atoms with Gasteiger partial charge in [-0.2, -0.15) is 13.2 Å². The van der Waals surface area contributed by atoms with E-state index >= 15 is 0 Å². The molecule has 0 saturated carbocycles. The second-order valence-electron chi connectivity index (χ2n) is 1.70. The van der Waals surface area contributed by atoms with E-state index in [0.717, 1.165) is 0 Å². The van der Waals surface area contributed by atoms with E-state index in [-0.39, 0.29) is 0 Å². The number of hydrogen-bond acceptors (Lipinski definition) is 1. The van der Waals surface area contributed by atoms with Crippen molar-refractivity contribution in [3.05, 3.63) is 0 Å². The fourth-order valence-corrected chi connectivity index (χ4v) is 0.625. The van der Waals surface area contributed by atoms with Crippen LogP contribution in [0.5, 0.6) is 0 Å². The van der Waals surface area contributed by atoms with E-state index in [0.29, 0.717) is 0 Å². The molecule has 56 valence electrons. The normalized spacial score (nSPS) is 17.3. The molecule has 0 radical (unpaired) electrons. The number of nitrogens with one attached hydrogen (secondary N) is 1. The van der Waals surface area contributed by atoms with Crippen LogP contribution in [0, 0.1) is 0 Å². The molecule has 1 nitrogen and oxygen atoms in total. The fourth-order valence-electron chi connectivity index (χ4n) is 0.625. The summed E-state index contributed by atoms with van der Waals surface area (Å²) in [5, 5.41) is 3.22. The maximum absolute atomic E-state index is 9.67. The van der Waals surface area contributed by atoms with E-state index in [9.17, 15) is 13.2 Å². The predicted octanol–water partition coefficient (Wildman–Crippen LogP) is 1.55. The van der Waals surface area contributed by atoms with Gasteiger partial charge in [-0.05, 0) is 25.9 Å². The Morgan fingerprint density at radius 1 is 1.00 bits per heavy atom. The van der Waals surface area contributed by atoms with Gasteiger partial charge in [0.15, 0.2) is 0 Å². The van der Waals surface area contributed by atoms with Crippen LogP contribution in [0.2, 0.25) is 0 Å². The summed E-state index contributed by atoms with van der Waals surface area (Å²) in [5.74, 6) is 0. The van der Waals surface area contributed by atoms with Crippen LogP contribution in [-0.2, 0) is 0 Å². The van der Waals surface area contributed by atoms with Gasteiger partial charge >= 0.3 is 6.68 Å². The Labute approximate surface area is 52.2 Å². The summed E-state index contributed by atoms with van der Waals surface area (Å²) in [7, 11) is 0. The monoisotopic (exact) mass is 141 g/mol. The van der Waals surface area contributed by atoms with Crippen molar-refractivity contribution in [1.82, 2.24) is 5.32 Å². The largest absolute Gasteiger partial charge is 0.379 e. The van der Waals surface area contributed by atoms with E-state index in [1.807, 2.05) is 0 Å². The zero-order chi connectivity index (χ0) is 7.11. The SMILES string of the molecule is C1CCNC1.FC(F)F.